The average Bonchev–Trinajstić information content (AvgIpc) is 2.86. The summed E-state index contributed by atoms with van der Waals surface area (Å²) in [6.07, 6.45) is 1.72. The lowest BCUT2D eigenvalue weighted by atomic mass is 9.85. The highest BCUT2D eigenvalue weighted by Crippen LogP contribution is 2.37. The standard InChI is InChI=1S/C28H23F5INO/c29-24-15-20(5-6-21(24)16-35)19-7-9-22(10-8-19)28(32,33)36-27-25(30)13-18(14-26(27)31)2-1-17-3-11-23(34)12-4-17/h5-10,13-15,17,23H,1-4,11-12H2. The maximum atomic E-state index is 14.8. The minimum atomic E-state index is -4.00. The Morgan fingerprint density at radius 1 is 0.861 bits per heavy atom. The molecule has 0 amide bonds. The molecule has 0 heterocycles. The number of hydrogen-bond donors (Lipinski definition) is 0. The lowest BCUT2D eigenvalue weighted by molar-refractivity contribution is -0.188. The van der Waals surface area contributed by atoms with Crippen molar-refractivity contribution in [3.8, 4) is 22.9 Å². The van der Waals surface area contributed by atoms with Gasteiger partial charge in [0.05, 0.1) is 11.1 Å². The predicted octanol–water partition coefficient (Wildman–Crippen LogP) is 8.70. The topological polar surface area (TPSA) is 33.0 Å². The lowest BCUT2D eigenvalue weighted by Crippen LogP contribution is -2.23. The van der Waals surface area contributed by atoms with E-state index in [4.69, 9.17) is 5.26 Å². The van der Waals surface area contributed by atoms with E-state index in [2.05, 4.69) is 27.3 Å². The predicted molar refractivity (Wildman–Crippen MR) is 136 cm³/mol. The smallest absolute Gasteiger partial charge is 0.423 e. The van der Waals surface area contributed by atoms with Crippen LogP contribution >= 0.6 is 22.6 Å². The van der Waals surface area contributed by atoms with Gasteiger partial charge in [-0.25, -0.2) is 13.2 Å². The van der Waals surface area contributed by atoms with Gasteiger partial charge in [-0.05, 0) is 97.5 Å². The van der Waals surface area contributed by atoms with E-state index in [0.29, 0.717) is 33.0 Å². The summed E-state index contributed by atoms with van der Waals surface area (Å²) in [4.78, 5) is 0. The summed E-state index contributed by atoms with van der Waals surface area (Å²) in [6, 6.07) is 12.4. The molecular formula is C28H23F5INO. The summed E-state index contributed by atoms with van der Waals surface area (Å²) in [5.74, 6) is -3.70. The third-order valence-electron chi connectivity index (χ3n) is 6.55. The molecule has 0 unspecified atom stereocenters. The Bertz CT molecular complexity index is 1240. The molecule has 188 valence electrons. The minimum absolute atomic E-state index is 0.131. The number of halogens is 6. The third-order valence-corrected chi connectivity index (χ3v) is 7.80. The summed E-state index contributed by atoms with van der Waals surface area (Å²) in [6.45, 7) is 0. The van der Waals surface area contributed by atoms with Crippen LogP contribution in [-0.2, 0) is 12.5 Å². The van der Waals surface area contributed by atoms with Crippen LogP contribution in [0, 0.1) is 34.7 Å². The van der Waals surface area contributed by atoms with Gasteiger partial charge in [-0.2, -0.15) is 14.0 Å². The minimum Gasteiger partial charge on any atom is -0.423 e. The number of nitrogens with zero attached hydrogens (tertiary/aromatic N) is 1. The molecule has 3 aromatic carbocycles. The van der Waals surface area contributed by atoms with Crippen molar-refractivity contribution in [3.05, 3.63) is 88.7 Å². The molecule has 0 N–H and O–H groups in total. The molecule has 36 heavy (non-hydrogen) atoms. The fourth-order valence-electron chi connectivity index (χ4n) is 4.46. The Kier molecular flexibility index (Phi) is 8.18. The lowest BCUT2D eigenvalue weighted by Gasteiger charge is -2.25. The monoisotopic (exact) mass is 611 g/mol. The first-order valence-electron chi connectivity index (χ1n) is 11.7. The number of rotatable bonds is 7. The fraction of sp³-hybridized carbons (Fsp3) is 0.321. The molecule has 0 aliphatic heterocycles. The fourth-order valence-corrected chi connectivity index (χ4v) is 5.18. The molecule has 4 rings (SSSR count). The van der Waals surface area contributed by atoms with Crippen LogP contribution in [0.15, 0.2) is 54.6 Å². The van der Waals surface area contributed by atoms with E-state index in [1.54, 1.807) is 6.07 Å². The van der Waals surface area contributed by atoms with Gasteiger partial charge in [0.2, 0.25) is 0 Å². The van der Waals surface area contributed by atoms with Crippen LogP contribution in [0.2, 0.25) is 0 Å². The molecule has 1 saturated carbocycles. The number of hydrogen-bond acceptors (Lipinski definition) is 2. The van der Waals surface area contributed by atoms with Crippen LogP contribution in [0.3, 0.4) is 0 Å². The van der Waals surface area contributed by atoms with E-state index in [1.165, 1.54) is 24.3 Å². The van der Waals surface area contributed by atoms with E-state index in [-0.39, 0.29) is 5.56 Å². The van der Waals surface area contributed by atoms with Gasteiger partial charge in [0.15, 0.2) is 17.4 Å². The quantitative estimate of drug-likeness (QED) is 0.152. The Morgan fingerprint density at radius 2 is 1.47 bits per heavy atom. The molecule has 0 saturated heterocycles. The van der Waals surface area contributed by atoms with Crippen LogP contribution in [0.5, 0.6) is 5.75 Å². The van der Waals surface area contributed by atoms with Gasteiger partial charge in [0, 0.05) is 3.92 Å². The zero-order valence-electron chi connectivity index (χ0n) is 19.2. The number of nitriles is 1. The Hall–Kier alpha value is -2.67. The number of aryl methyl sites for hydroxylation is 1. The van der Waals surface area contributed by atoms with Crippen LogP contribution < -0.4 is 4.74 Å². The van der Waals surface area contributed by atoms with Crippen molar-refractivity contribution in [2.75, 3.05) is 0 Å². The van der Waals surface area contributed by atoms with E-state index < -0.39 is 34.9 Å². The SMILES string of the molecule is N#Cc1ccc(-c2ccc(C(F)(F)Oc3c(F)cc(CCC4CCC(I)CC4)cc3F)cc2)cc1F. The van der Waals surface area contributed by atoms with Gasteiger partial charge in [0.1, 0.15) is 11.9 Å². The molecule has 2 nitrogen and oxygen atoms in total. The van der Waals surface area contributed by atoms with Gasteiger partial charge >= 0.3 is 6.11 Å². The summed E-state index contributed by atoms with van der Waals surface area (Å²) < 4.78 is 77.8. The molecule has 1 aliphatic rings. The van der Waals surface area contributed by atoms with E-state index in [1.807, 2.05) is 0 Å². The first kappa shape index (κ1) is 26.4. The second-order valence-electron chi connectivity index (χ2n) is 9.05. The average molecular weight is 611 g/mol. The molecule has 0 bridgehead atoms. The number of alkyl halides is 3. The second kappa shape index (κ2) is 11.2. The maximum absolute atomic E-state index is 14.8. The highest BCUT2D eigenvalue weighted by atomic mass is 127. The van der Waals surface area contributed by atoms with Crippen LogP contribution in [-0.4, -0.2) is 3.92 Å². The number of benzene rings is 3. The first-order chi connectivity index (χ1) is 17.2. The van der Waals surface area contributed by atoms with Gasteiger partial charge in [-0.15, -0.1) is 0 Å². The van der Waals surface area contributed by atoms with Crippen LogP contribution in [0.4, 0.5) is 22.0 Å². The molecule has 3 aromatic rings. The van der Waals surface area contributed by atoms with Crippen molar-refractivity contribution < 1.29 is 26.7 Å². The zero-order valence-corrected chi connectivity index (χ0v) is 21.4. The molecule has 1 aliphatic carbocycles. The van der Waals surface area contributed by atoms with Crippen molar-refractivity contribution in [2.24, 2.45) is 5.92 Å². The summed E-state index contributed by atoms with van der Waals surface area (Å²) in [7, 11) is 0. The van der Waals surface area contributed by atoms with E-state index >= 15 is 0 Å². The van der Waals surface area contributed by atoms with Gasteiger partial charge < -0.3 is 4.74 Å². The number of ether oxygens (including phenoxy) is 1. The van der Waals surface area contributed by atoms with Gasteiger partial charge in [-0.3, -0.25) is 0 Å². The third kappa shape index (κ3) is 6.17. The Morgan fingerprint density at radius 3 is 2.06 bits per heavy atom. The maximum Gasteiger partial charge on any atom is 0.426 e. The highest BCUT2D eigenvalue weighted by Gasteiger charge is 2.36. The van der Waals surface area contributed by atoms with E-state index in [0.717, 1.165) is 62.4 Å². The summed E-state index contributed by atoms with van der Waals surface area (Å²) >= 11 is 2.44. The van der Waals surface area contributed by atoms with Crippen molar-refractivity contribution in [1.82, 2.24) is 0 Å². The molecule has 0 atom stereocenters. The summed E-state index contributed by atoms with van der Waals surface area (Å²) in [5.41, 5.74) is 0.475. The molecule has 0 radical (unpaired) electrons. The highest BCUT2D eigenvalue weighted by molar-refractivity contribution is 14.1. The Labute approximate surface area is 220 Å². The molecule has 0 aromatic heterocycles. The van der Waals surface area contributed by atoms with Crippen LogP contribution in [0.1, 0.15) is 48.8 Å². The molecule has 8 heteroatoms. The molecule has 0 spiro atoms. The molecule has 1 fully saturated rings. The second-order valence-corrected chi connectivity index (χ2v) is 10.8. The van der Waals surface area contributed by atoms with Gasteiger partial charge in [0.25, 0.3) is 0 Å². The Balaban J connectivity index is 1.45. The van der Waals surface area contributed by atoms with Crippen LogP contribution in [0.25, 0.3) is 11.1 Å². The van der Waals surface area contributed by atoms with Gasteiger partial charge in [-0.1, -0.05) is 40.8 Å². The van der Waals surface area contributed by atoms with Crippen molar-refractivity contribution in [3.63, 3.8) is 0 Å². The zero-order chi connectivity index (χ0) is 25.9. The largest absolute Gasteiger partial charge is 0.426 e. The van der Waals surface area contributed by atoms with Crippen molar-refractivity contribution in [1.29, 1.82) is 5.26 Å². The van der Waals surface area contributed by atoms with Crippen molar-refractivity contribution in [2.45, 2.75) is 48.6 Å². The molecular weight excluding hydrogens is 588 g/mol. The van der Waals surface area contributed by atoms with E-state index in [9.17, 15) is 22.0 Å². The van der Waals surface area contributed by atoms with Crippen molar-refractivity contribution >= 4 is 22.6 Å². The normalized spacial score (nSPS) is 18.0. The first-order valence-corrected chi connectivity index (χ1v) is 12.9. The summed E-state index contributed by atoms with van der Waals surface area (Å²) in [5, 5.41) is 8.83.